The van der Waals surface area contributed by atoms with Gasteiger partial charge in [-0.2, -0.15) is 0 Å². The number of carbonyl (C=O) groups excluding carboxylic acids is 1. The number of anilines is 1. The highest BCUT2D eigenvalue weighted by Gasteiger charge is 2.30. The van der Waals surface area contributed by atoms with Gasteiger partial charge in [-0.3, -0.25) is 14.8 Å². The van der Waals surface area contributed by atoms with E-state index in [4.69, 9.17) is 9.47 Å². The van der Waals surface area contributed by atoms with Crippen molar-refractivity contribution >= 4 is 11.6 Å². The lowest BCUT2D eigenvalue weighted by Crippen LogP contribution is -2.33. The fourth-order valence-corrected chi connectivity index (χ4v) is 3.57. The normalized spacial score (nSPS) is 13.5. The first kappa shape index (κ1) is 23.3. The van der Waals surface area contributed by atoms with Crippen LogP contribution in [0.2, 0.25) is 0 Å². The molecule has 2 aromatic rings. The van der Waals surface area contributed by atoms with Crippen LogP contribution in [0, 0.1) is 0 Å². The molecule has 0 bridgehead atoms. The topological polar surface area (TPSA) is 54.0 Å². The molecule has 1 aliphatic rings. The van der Waals surface area contributed by atoms with Crippen molar-refractivity contribution in [2.45, 2.75) is 39.5 Å². The van der Waals surface area contributed by atoms with Gasteiger partial charge in [0, 0.05) is 13.1 Å². The summed E-state index contributed by atoms with van der Waals surface area (Å²) in [6.07, 6.45) is 4.64. The molecular weight excluding hydrogens is 402 g/mol. The number of rotatable bonds is 11. The van der Waals surface area contributed by atoms with E-state index in [1.165, 1.54) is 19.3 Å². The van der Waals surface area contributed by atoms with Gasteiger partial charge >= 0.3 is 0 Å². The average molecular weight is 436 g/mol. The first-order chi connectivity index (χ1) is 15.5. The summed E-state index contributed by atoms with van der Waals surface area (Å²) in [6.45, 7) is 8.91. The lowest BCUT2D eigenvalue weighted by Gasteiger charge is -2.29. The zero-order valence-electron chi connectivity index (χ0n) is 19.3. The molecule has 0 radical (unpaired) electrons. The Morgan fingerprint density at radius 2 is 1.72 bits per heavy atom. The molecule has 0 unspecified atom stereocenters. The molecule has 0 spiro atoms. The molecule has 170 valence electrons. The highest BCUT2D eigenvalue weighted by Crippen LogP contribution is 2.33. The number of para-hydroxylation sites is 1. The van der Waals surface area contributed by atoms with Crippen LogP contribution >= 0.6 is 0 Å². The van der Waals surface area contributed by atoms with Crippen LogP contribution in [-0.4, -0.2) is 31.2 Å². The van der Waals surface area contributed by atoms with Crippen molar-refractivity contribution in [1.82, 2.24) is 10.3 Å². The minimum absolute atomic E-state index is 0.0982. The summed E-state index contributed by atoms with van der Waals surface area (Å²) in [6, 6.07) is 17.3. The van der Waals surface area contributed by atoms with E-state index in [0.717, 1.165) is 23.6 Å². The van der Waals surface area contributed by atoms with E-state index in [2.05, 4.69) is 18.8 Å². The first-order valence-electron chi connectivity index (χ1n) is 11.2. The Kier molecular flexibility index (Phi) is 8.20. The molecule has 1 N–H and O–H groups in total. The molecule has 1 heterocycles. The van der Waals surface area contributed by atoms with Crippen LogP contribution in [-0.2, 0) is 4.79 Å². The molecule has 1 aliphatic heterocycles. The van der Waals surface area contributed by atoms with Crippen LogP contribution in [0.1, 0.15) is 39.5 Å². The van der Waals surface area contributed by atoms with Gasteiger partial charge in [-0.25, -0.2) is 0 Å². The van der Waals surface area contributed by atoms with Gasteiger partial charge in [-0.05, 0) is 37.6 Å². The second-order valence-electron chi connectivity index (χ2n) is 7.80. The summed E-state index contributed by atoms with van der Waals surface area (Å²) < 4.78 is 11.5. The Balaban J connectivity index is 1.53. The number of hydrogen-bond acceptors (Lipinski definition) is 5. The van der Waals surface area contributed by atoms with Crippen molar-refractivity contribution in [2.75, 3.05) is 25.3 Å². The van der Waals surface area contributed by atoms with E-state index in [-0.39, 0.29) is 12.5 Å². The monoisotopic (exact) mass is 435 g/mol. The van der Waals surface area contributed by atoms with Crippen molar-refractivity contribution in [3.05, 3.63) is 78.3 Å². The van der Waals surface area contributed by atoms with Crippen molar-refractivity contribution in [3.63, 3.8) is 0 Å². The zero-order valence-corrected chi connectivity index (χ0v) is 19.3. The predicted molar refractivity (Wildman–Crippen MR) is 128 cm³/mol. The molecule has 32 heavy (non-hydrogen) atoms. The van der Waals surface area contributed by atoms with E-state index >= 15 is 0 Å². The number of benzene rings is 2. The number of nitrogens with one attached hydrogen (secondary N) is 1. The Labute approximate surface area is 191 Å². The maximum absolute atomic E-state index is 12.6. The number of allylic oxidation sites excluding steroid dienone is 1. The second kappa shape index (κ2) is 11.3. The number of unbranched alkanes of at least 4 members (excludes halogenated alkanes) is 3. The fourth-order valence-electron chi connectivity index (χ4n) is 3.57. The quantitative estimate of drug-likeness (QED) is 0.489. The number of amides is 1. The lowest BCUT2D eigenvalue weighted by atomic mass is 10.2. The smallest absolute Gasteiger partial charge is 0.262 e. The maximum atomic E-state index is 12.6. The van der Waals surface area contributed by atoms with Crippen LogP contribution in [0.4, 0.5) is 5.69 Å². The average Bonchev–Trinajstić information content (AvgIpc) is 3.01. The van der Waals surface area contributed by atoms with Crippen LogP contribution < -0.4 is 19.8 Å². The molecule has 0 atom stereocenters. The molecular formula is C26H33N3O3. The van der Waals surface area contributed by atoms with Crippen molar-refractivity contribution in [1.29, 1.82) is 0 Å². The largest absolute Gasteiger partial charge is 0.493 e. The number of ether oxygens (including phenoxy) is 2. The summed E-state index contributed by atoms with van der Waals surface area (Å²) in [4.78, 5) is 12.6. The predicted octanol–water partition coefficient (Wildman–Crippen LogP) is 5.25. The Morgan fingerprint density at radius 3 is 2.44 bits per heavy atom. The zero-order chi connectivity index (χ0) is 22.9. The summed E-state index contributed by atoms with van der Waals surface area (Å²) >= 11 is 0. The van der Waals surface area contributed by atoms with Gasteiger partial charge in [0.2, 0.25) is 0 Å². The summed E-state index contributed by atoms with van der Waals surface area (Å²) in [5, 5.41) is 6.88. The SMILES string of the molecule is C=C1C(NC(=O)COc2cccc(OCCCCCC)c2)=C(C)N(C)N1c1ccccc1. The van der Waals surface area contributed by atoms with Gasteiger partial charge in [-0.15, -0.1) is 0 Å². The van der Waals surface area contributed by atoms with E-state index in [9.17, 15) is 4.79 Å². The third-order valence-corrected chi connectivity index (χ3v) is 5.40. The van der Waals surface area contributed by atoms with Crippen molar-refractivity contribution in [2.24, 2.45) is 0 Å². The third kappa shape index (κ3) is 5.84. The van der Waals surface area contributed by atoms with E-state index in [1.807, 2.05) is 78.6 Å². The molecule has 1 amide bonds. The minimum Gasteiger partial charge on any atom is -0.493 e. The van der Waals surface area contributed by atoms with E-state index < -0.39 is 0 Å². The first-order valence-corrected chi connectivity index (χ1v) is 11.2. The van der Waals surface area contributed by atoms with Crippen LogP contribution in [0.5, 0.6) is 11.5 Å². The molecule has 2 aromatic carbocycles. The highest BCUT2D eigenvalue weighted by molar-refractivity contribution is 5.81. The second-order valence-corrected chi connectivity index (χ2v) is 7.80. The molecule has 3 rings (SSSR count). The molecule has 0 aliphatic carbocycles. The van der Waals surface area contributed by atoms with E-state index in [0.29, 0.717) is 23.8 Å². The van der Waals surface area contributed by atoms with Gasteiger partial charge in [-0.1, -0.05) is 57.0 Å². The summed E-state index contributed by atoms with van der Waals surface area (Å²) in [5.41, 5.74) is 3.29. The van der Waals surface area contributed by atoms with Gasteiger partial charge < -0.3 is 14.8 Å². The maximum Gasteiger partial charge on any atom is 0.262 e. The number of hydrogen-bond donors (Lipinski definition) is 1. The number of carbonyl (C=O) groups is 1. The Bertz CT molecular complexity index is 956. The van der Waals surface area contributed by atoms with Gasteiger partial charge in [0.05, 0.1) is 29.4 Å². The number of hydrazine groups is 1. The van der Waals surface area contributed by atoms with Gasteiger partial charge in [0.1, 0.15) is 11.5 Å². The molecule has 6 heteroatoms. The van der Waals surface area contributed by atoms with Crippen LogP contribution in [0.3, 0.4) is 0 Å². The summed E-state index contributed by atoms with van der Waals surface area (Å²) in [7, 11) is 1.94. The van der Waals surface area contributed by atoms with Gasteiger partial charge in [0.25, 0.3) is 5.91 Å². The van der Waals surface area contributed by atoms with Crippen molar-refractivity contribution < 1.29 is 14.3 Å². The Morgan fingerprint density at radius 1 is 1.00 bits per heavy atom. The fraction of sp³-hybridized carbons (Fsp3) is 0.346. The van der Waals surface area contributed by atoms with E-state index in [1.54, 1.807) is 0 Å². The minimum atomic E-state index is -0.241. The third-order valence-electron chi connectivity index (χ3n) is 5.40. The van der Waals surface area contributed by atoms with Crippen LogP contribution in [0.15, 0.2) is 78.3 Å². The van der Waals surface area contributed by atoms with Crippen molar-refractivity contribution in [3.8, 4) is 11.5 Å². The molecule has 0 aromatic heterocycles. The highest BCUT2D eigenvalue weighted by atomic mass is 16.5. The van der Waals surface area contributed by atoms with Crippen LogP contribution in [0.25, 0.3) is 0 Å². The molecule has 0 saturated heterocycles. The van der Waals surface area contributed by atoms with Gasteiger partial charge in [0.15, 0.2) is 6.61 Å². The lowest BCUT2D eigenvalue weighted by molar-refractivity contribution is -0.122. The summed E-state index contributed by atoms with van der Waals surface area (Å²) in [5.74, 6) is 1.11. The molecule has 0 saturated carbocycles. The molecule has 0 fully saturated rings. The standard InChI is InChI=1S/C26H33N3O3/c1-5-6-7-11-17-31-23-15-12-16-24(18-23)32-19-25(30)27-26-20(2)28(4)29(21(26)3)22-13-9-8-10-14-22/h8-10,12-16,18H,3,5-7,11,17,19H2,1-2,4H3,(H,27,30). The molecule has 6 nitrogen and oxygen atoms in total. The number of nitrogens with zero attached hydrogens (tertiary/aromatic N) is 2. The Hall–Kier alpha value is -3.41.